The minimum Gasteiger partial charge on any atom is -0.351 e. The van der Waals surface area contributed by atoms with Gasteiger partial charge >= 0.3 is 0 Å². The van der Waals surface area contributed by atoms with Crippen molar-refractivity contribution in [2.75, 3.05) is 12.8 Å². The molecule has 26 heavy (non-hydrogen) atoms. The zero-order valence-electron chi connectivity index (χ0n) is 13.9. The van der Waals surface area contributed by atoms with Crippen LogP contribution in [0.25, 0.3) is 0 Å². The first kappa shape index (κ1) is 21.0. The molecule has 2 rings (SSSR count). The minimum atomic E-state index is -3.59. The van der Waals surface area contributed by atoms with Crippen LogP contribution in [0.4, 0.5) is 0 Å². The van der Waals surface area contributed by atoms with Crippen LogP contribution in [-0.2, 0) is 27.9 Å². The van der Waals surface area contributed by atoms with E-state index in [4.69, 9.17) is 34.8 Å². The second-order valence-corrected chi connectivity index (χ2v) is 8.92. The first-order chi connectivity index (χ1) is 12.1. The maximum Gasteiger partial charge on any atom is 0.235 e. The predicted octanol–water partition coefficient (Wildman–Crippen LogP) is 3.72. The molecule has 0 saturated carbocycles. The smallest absolute Gasteiger partial charge is 0.235 e. The van der Waals surface area contributed by atoms with Crippen molar-refractivity contribution in [3.05, 3.63) is 68.7 Å². The van der Waals surface area contributed by atoms with Crippen LogP contribution in [0.15, 0.2) is 42.5 Å². The van der Waals surface area contributed by atoms with Crippen LogP contribution in [0.3, 0.4) is 0 Å². The normalized spacial score (nSPS) is 11.6. The van der Waals surface area contributed by atoms with E-state index in [9.17, 15) is 13.2 Å². The van der Waals surface area contributed by atoms with Crippen molar-refractivity contribution in [2.45, 2.75) is 13.1 Å². The van der Waals surface area contributed by atoms with Crippen molar-refractivity contribution in [3.63, 3.8) is 0 Å². The Bertz CT molecular complexity index is 887. The number of hydrogen-bond acceptors (Lipinski definition) is 3. The first-order valence-corrected chi connectivity index (χ1v) is 10.5. The largest absolute Gasteiger partial charge is 0.351 e. The van der Waals surface area contributed by atoms with Crippen LogP contribution in [0, 0.1) is 0 Å². The van der Waals surface area contributed by atoms with Gasteiger partial charge in [0.1, 0.15) is 0 Å². The molecule has 0 atom stereocenters. The molecule has 0 fully saturated rings. The number of hydrogen-bond donors (Lipinski definition) is 1. The van der Waals surface area contributed by atoms with Crippen molar-refractivity contribution in [1.29, 1.82) is 0 Å². The second-order valence-electron chi connectivity index (χ2n) is 5.68. The number of rotatable bonds is 7. The summed E-state index contributed by atoms with van der Waals surface area (Å²) in [4.78, 5) is 12.2. The lowest BCUT2D eigenvalue weighted by Crippen LogP contribution is -2.39. The molecule has 0 spiro atoms. The lowest BCUT2D eigenvalue weighted by molar-refractivity contribution is -0.121. The van der Waals surface area contributed by atoms with Gasteiger partial charge in [-0.2, -0.15) is 4.31 Å². The topological polar surface area (TPSA) is 66.5 Å². The van der Waals surface area contributed by atoms with E-state index in [2.05, 4.69) is 5.32 Å². The fraction of sp³-hybridized carbons (Fsp3) is 0.235. The third-order valence-corrected chi connectivity index (χ3v) is 5.72. The number of benzene rings is 2. The highest BCUT2D eigenvalue weighted by Crippen LogP contribution is 2.23. The number of halogens is 3. The summed E-state index contributed by atoms with van der Waals surface area (Å²) in [5.74, 6) is -0.412. The number of carbonyl (C=O) groups is 1. The van der Waals surface area contributed by atoms with Gasteiger partial charge in [-0.05, 0) is 35.4 Å². The van der Waals surface area contributed by atoms with Gasteiger partial charge in [0.05, 0.1) is 22.8 Å². The van der Waals surface area contributed by atoms with E-state index >= 15 is 0 Å². The Morgan fingerprint density at radius 2 is 1.62 bits per heavy atom. The molecule has 0 heterocycles. The maximum absolute atomic E-state index is 12.2. The number of sulfonamides is 1. The van der Waals surface area contributed by atoms with Gasteiger partial charge < -0.3 is 5.32 Å². The molecule has 0 saturated heterocycles. The standard InChI is InChI=1S/C17H17Cl3N2O3S/c1-26(24,25)22(10-13-4-7-15(19)16(20)8-13)11-17(23)21-9-12-2-5-14(18)6-3-12/h2-8H,9-11H2,1H3,(H,21,23). The average molecular weight is 436 g/mol. The Hall–Kier alpha value is -1.31. The summed E-state index contributed by atoms with van der Waals surface area (Å²) in [6.07, 6.45) is 1.05. The molecule has 0 bridgehead atoms. The quantitative estimate of drug-likeness (QED) is 0.721. The molecule has 0 aromatic heterocycles. The number of carbonyl (C=O) groups excluding carboxylic acids is 1. The van der Waals surface area contributed by atoms with E-state index in [1.807, 2.05) is 0 Å². The van der Waals surface area contributed by atoms with Crippen LogP contribution >= 0.6 is 34.8 Å². The lowest BCUT2D eigenvalue weighted by Gasteiger charge is -2.20. The summed E-state index contributed by atoms with van der Waals surface area (Å²) in [5, 5.41) is 3.99. The Balaban J connectivity index is 2.01. The van der Waals surface area contributed by atoms with Crippen molar-refractivity contribution < 1.29 is 13.2 Å². The fourth-order valence-corrected chi connectivity index (χ4v) is 3.33. The Morgan fingerprint density at radius 1 is 1.00 bits per heavy atom. The molecular formula is C17H17Cl3N2O3S. The van der Waals surface area contributed by atoms with Gasteiger partial charge in [-0.25, -0.2) is 8.42 Å². The van der Waals surface area contributed by atoms with Gasteiger partial charge in [0.15, 0.2) is 0 Å². The molecule has 1 amide bonds. The number of nitrogens with zero attached hydrogens (tertiary/aromatic N) is 1. The highest BCUT2D eigenvalue weighted by atomic mass is 35.5. The zero-order chi connectivity index (χ0) is 19.3. The van der Waals surface area contributed by atoms with Crippen molar-refractivity contribution in [1.82, 2.24) is 9.62 Å². The third kappa shape index (κ3) is 6.45. The van der Waals surface area contributed by atoms with Gasteiger partial charge in [-0.3, -0.25) is 4.79 Å². The molecule has 0 aliphatic carbocycles. The number of amides is 1. The number of nitrogens with one attached hydrogen (secondary N) is 1. The SMILES string of the molecule is CS(=O)(=O)N(CC(=O)NCc1ccc(Cl)cc1)Cc1ccc(Cl)c(Cl)c1. The third-order valence-electron chi connectivity index (χ3n) is 3.53. The first-order valence-electron chi connectivity index (χ1n) is 7.55. The van der Waals surface area contributed by atoms with Gasteiger partial charge in [0.2, 0.25) is 15.9 Å². The van der Waals surface area contributed by atoms with E-state index in [1.165, 1.54) is 0 Å². The van der Waals surface area contributed by atoms with Crippen molar-refractivity contribution in [2.24, 2.45) is 0 Å². The molecule has 0 radical (unpaired) electrons. The summed E-state index contributed by atoms with van der Waals surface area (Å²) >= 11 is 17.6. The van der Waals surface area contributed by atoms with Crippen LogP contribution in [-0.4, -0.2) is 31.4 Å². The Kier molecular flexibility index (Phi) is 7.32. The molecule has 140 valence electrons. The molecule has 2 aromatic carbocycles. The van der Waals surface area contributed by atoms with Crippen LogP contribution in [0.1, 0.15) is 11.1 Å². The molecule has 0 aliphatic heterocycles. The van der Waals surface area contributed by atoms with Gasteiger partial charge in [-0.1, -0.05) is 53.0 Å². The maximum atomic E-state index is 12.2. The van der Waals surface area contributed by atoms with Gasteiger partial charge in [0.25, 0.3) is 0 Å². The zero-order valence-corrected chi connectivity index (χ0v) is 17.0. The summed E-state index contributed by atoms with van der Waals surface area (Å²) in [6.45, 7) is -0.00284. The van der Waals surface area contributed by atoms with Crippen molar-refractivity contribution in [3.8, 4) is 0 Å². The van der Waals surface area contributed by atoms with Crippen LogP contribution in [0.5, 0.6) is 0 Å². The van der Waals surface area contributed by atoms with Crippen molar-refractivity contribution >= 4 is 50.7 Å². The Labute approximate surface area is 167 Å². The molecule has 9 heteroatoms. The summed E-state index contributed by atoms with van der Waals surface area (Å²) in [7, 11) is -3.59. The highest BCUT2D eigenvalue weighted by Gasteiger charge is 2.20. The van der Waals surface area contributed by atoms with Gasteiger partial charge in [0, 0.05) is 18.1 Å². The fourth-order valence-electron chi connectivity index (χ4n) is 2.15. The minimum absolute atomic E-state index is 0.0179. The lowest BCUT2D eigenvalue weighted by atomic mass is 10.2. The van der Waals surface area contributed by atoms with E-state index in [-0.39, 0.29) is 19.6 Å². The molecule has 0 unspecified atom stereocenters. The summed E-state index contributed by atoms with van der Waals surface area (Å²) in [6, 6.07) is 11.8. The second kappa shape index (κ2) is 9.06. The van der Waals surface area contributed by atoms with E-state index in [0.717, 1.165) is 16.1 Å². The molecule has 0 aliphatic rings. The monoisotopic (exact) mass is 434 g/mol. The Morgan fingerprint density at radius 3 is 2.19 bits per heavy atom. The average Bonchev–Trinajstić information content (AvgIpc) is 2.56. The molecule has 2 aromatic rings. The van der Waals surface area contributed by atoms with Crippen LogP contribution in [0.2, 0.25) is 15.1 Å². The predicted molar refractivity (Wildman–Crippen MR) is 105 cm³/mol. The summed E-state index contributed by atoms with van der Waals surface area (Å²) < 4.78 is 25.1. The van der Waals surface area contributed by atoms with E-state index in [0.29, 0.717) is 20.6 Å². The van der Waals surface area contributed by atoms with Crippen LogP contribution < -0.4 is 5.32 Å². The summed E-state index contributed by atoms with van der Waals surface area (Å²) in [5.41, 5.74) is 1.49. The molecular weight excluding hydrogens is 419 g/mol. The highest BCUT2D eigenvalue weighted by molar-refractivity contribution is 7.88. The van der Waals surface area contributed by atoms with E-state index in [1.54, 1.807) is 42.5 Å². The molecule has 5 nitrogen and oxygen atoms in total. The van der Waals surface area contributed by atoms with Gasteiger partial charge in [-0.15, -0.1) is 0 Å². The molecule has 1 N–H and O–H groups in total. The van der Waals surface area contributed by atoms with E-state index < -0.39 is 15.9 Å².